The maximum Gasteiger partial charge on any atom is 0.294 e. The Balaban J connectivity index is 2.31. The normalized spacial score (nSPS) is 12.7. The molecule has 0 atom stereocenters. The van der Waals surface area contributed by atoms with Crippen molar-refractivity contribution in [3.8, 4) is 12.3 Å². The maximum absolute atomic E-state index is 12.4. The molecule has 0 amide bonds. The zero-order valence-electron chi connectivity index (χ0n) is 12.6. The molecule has 0 spiro atoms. The summed E-state index contributed by atoms with van der Waals surface area (Å²) >= 11 is 2.49. The second-order valence-electron chi connectivity index (χ2n) is 5.08. The molecule has 1 aromatic carbocycles. The Bertz CT molecular complexity index is 1080. The molecule has 2 aromatic heterocycles. The third-order valence-electron chi connectivity index (χ3n) is 3.50. The van der Waals surface area contributed by atoms with Gasteiger partial charge in [-0.15, -0.1) is 22.2 Å². The summed E-state index contributed by atoms with van der Waals surface area (Å²) in [6, 6.07) is 7.31. The molecule has 0 radical (unpaired) electrons. The fourth-order valence-electron chi connectivity index (χ4n) is 2.19. The van der Waals surface area contributed by atoms with Crippen LogP contribution < -0.4 is 4.80 Å². The Labute approximate surface area is 142 Å². The van der Waals surface area contributed by atoms with Gasteiger partial charge in [-0.1, -0.05) is 23.3 Å². The Hall–Kier alpha value is -1.88. The smallest absolute Gasteiger partial charge is 0.294 e. The van der Waals surface area contributed by atoms with E-state index in [1.54, 1.807) is 22.1 Å². The first-order chi connectivity index (χ1) is 10.9. The van der Waals surface area contributed by atoms with Crippen molar-refractivity contribution in [1.82, 2.24) is 4.57 Å². The number of nitrogens with zero attached hydrogens (tertiary/aromatic N) is 2. The lowest BCUT2D eigenvalue weighted by Gasteiger charge is -2.03. The Morgan fingerprint density at radius 2 is 2.04 bits per heavy atom. The van der Waals surface area contributed by atoms with Gasteiger partial charge in [0.25, 0.3) is 10.0 Å². The quantitative estimate of drug-likeness (QED) is 0.671. The van der Waals surface area contributed by atoms with Crippen molar-refractivity contribution in [2.75, 3.05) is 0 Å². The van der Waals surface area contributed by atoms with Crippen molar-refractivity contribution in [3.63, 3.8) is 0 Å². The van der Waals surface area contributed by atoms with Gasteiger partial charge in [-0.3, -0.25) is 0 Å². The molecule has 3 aromatic rings. The summed E-state index contributed by atoms with van der Waals surface area (Å²) in [5, 5.41) is 1.72. The Morgan fingerprint density at radius 3 is 2.70 bits per heavy atom. The number of hydrogen-bond donors (Lipinski definition) is 0. The summed E-state index contributed by atoms with van der Waals surface area (Å²) in [7, 11) is -3.71. The number of aromatic nitrogens is 1. The zero-order valence-corrected chi connectivity index (χ0v) is 15.1. The number of rotatable bonds is 3. The topological polar surface area (TPSA) is 51.4 Å². The fourth-order valence-corrected chi connectivity index (χ4v) is 5.47. The van der Waals surface area contributed by atoms with Crippen LogP contribution in [0.2, 0.25) is 0 Å². The molecule has 0 aliphatic heterocycles. The molecule has 23 heavy (non-hydrogen) atoms. The Kier molecular flexibility index (Phi) is 4.15. The van der Waals surface area contributed by atoms with Crippen LogP contribution in [0.15, 0.2) is 38.3 Å². The molecule has 118 valence electrons. The van der Waals surface area contributed by atoms with Crippen LogP contribution in [0.3, 0.4) is 0 Å². The van der Waals surface area contributed by atoms with Crippen LogP contribution in [0.25, 0.3) is 10.2 Å². The predicted octanol–water partition coefficient (Wildman–Crippen LogP) is 3.30. The zero-order chi connectivity index (χ0) is 16.6. The van der Waals surface area contributed by atoms with Gasteiger partial charge < -0.3 is 4.57 Å². The van der Waals surface area contributed by atoms with E-state index in [2.05, 4.69) is 10.3 Å². The highest BCUT2D eigenvalue weighted by Gasteiger charge is 2.15. The highest BCUT2D eigenvalue weighted by molar-refractivity contribution is 7.92. The van der Waals surface area contributed by atoms with Crippen molar-refractivity contribution in [1.29, 1.82) is 0 Å². The van der Waals surface area contributed by atoms with Crippen molar-refractivity contribution in [2.24, 2.45) is 4.40 Å². The summed E-state index contributed by atoms with van der Waals surface area (Å²) in [4.78, 5) is 0.399. The lowest BCUT2D eigenvalue weighted by atomic mass is 10.1. The molecule has 4 nitrogen and oxygen atoms in total. The molecule has 0 N–H and O–H groups in total. The van der Waals surface area contributed by atoms with Gasteiger partial charge in [-0.2, -0.15) is 8.42 Å². The summed E-state index contributed by atoms with van der Waals surface area (Å²) in [6.07, 6.45) is 5.45. The molecule has 0 aliphatic carbocycles. The van der Waals surface area contributed by atoms with Crippen LogP contribution >= 0.6 is 22.7 Å². The second-order valence-corrected chi connectivity index (χ2v) is 8.87. The minimum Gasteiger partial charge on any atom is -0.304 e. The second kappa shape index (κ2) is 5.96. The SMILES string of the molecule is C#CCn1/c(=N/S(=O)(=O)c2cccs2)sc2cc(C)c(C)cc21. The number of fused-ring (bicyclic) bond motifs is 1. The monoisotopic (exact) mass is 362 g/mol. The minimum absolute atomic E-state index is 0.231. The number of benzene rings is 1. The number of sulfonamides is 1. The van der Waals surface area contributed by atoms with Crippen molar-refractivity contribution >= 4 is 42.9 Å². The third-order valence-corrected chi connectivity index (χ3v) is 7.29. The van der Waals surface area contributed by atoms with Crippen molar-refractivity contribution in [2.45, 2.75) is 24.6 Å². The predicted molar refractivity (Wildman–Crippen MR) is 95.2 cm³/mol. The molecule has 0 bridgehead atoms. The van der Waals surface area contributed by atoms with E-state index in [9.17, 15) is 8.42 Å². The Morgan fingerprint density at radius 1 is 1.30 bits per heavy atom. The van der Waals surface area contributed by atoms with Gasteiger partial charge >= 0.3 is 0 Å². The van der Waals surface area contributed by atoms with E-state index >= 15 is 0 Å². The van der Waals surface area contributed by atoms with E-state index in [4.69, 9.17) is 6.42 Å². The summed E-state index contributed by atoms with van der Waals surface area (Å²) < 4.78 is 31.8. The van der Waals surface area contributed by atoms with Crippen molar-refractivity contribution < 1.29 is 8.42 Å². The minimum atomic E-state index is -3.71. The van der Waals surface area contributed by atoms with Crippen LogP contribution in [0.5, 0.6) is 0 Å². The molecular formula is C16H14N2O2S3. The van der Waals surface area contributed by atoms with E-state index in [1.807, 2.05) is 26.0 Å². The van der Waals surface area contributed by atoms with E-state index in [1.165, 1.54) is 11.3 Å². The van der Waals surface area contributed by atoms with Gasteiger partial charge in [-0.25, -0.2) is 0 Å². The summed E-state index contributed by atoms with van der Waals surface area (Å²) in [5.41, 5.74) is 3.20. The first-order valence-electron chi connectivity index (χ1n) is 6.81. The summed E-state index contributed by atoms with van der Waals surface area (Å²) in [5.74, 6) is 2.57. The van der Waals surface area contributed by atoms with Gasteiger partial charge in [0.05, 0.1) is 16.8 Å². The number of terminal acetylenes is 1. The van der Waals surface area contributed by atoms with Crippen LogP contribution in [0, 0.1) is 26.2 Å². The number of hydrogen-bond acceptors (Lipinski definition) is 4. The third kappa shape index (κ3) is 2.98. The highest BCUT2D eigenvalue weighted by Crippen LogP contribution is 2.23. The van der Waals surface area contributed by atoms with E-state index in [-0.39, 0.29) is 10.8 Å². The van der Waals surface area contributed by atoms with Gasteiger partial charge in [-0.05, 0) is 48.6 Å². The maximum atomic E-state index is 12.4. The van der Waals surface area contributed by atoms with Gasteiger partial charge in [0, 0.05) is 0 Å². The van der Waals surface area contributed by atoms with E-state index in [0.717, 1.165) is 32.7 Å². The lowest BCUT2D eigenvalue weighted by Crippen LogP contribution is -2.16. The first kappa shape index (κ1) is 16.0. The highest BCUT2D eigenvalue weighted by atomic mass is 32.2. The molecular weight excluding hydrogens is 348 g/mol. The summed E-state index contributed by atoms with van der Waals surface area (Å²) in [6.45, 7) is 4.33. The molecule has 0 aliphatic rings. The molecule has 2 heterocycles. The van der Waals surface area contributed by atoms with Gasteiger partial charge in [0.15, 0.2) is 0 Å². The van der Waals surface area contributed by atoms with E-state index < -0.39 is 10.0 Å². The van der Waals surface area contributed by atoms with Crippen LogP contribution in [-0.4, -0.2) is 13.0 Å². The molecule has 0 saturated heterocycles. The van der Waals surface area contributed by atoms with Crippen LogP contribution in [0.4, 0.5) is 0 Å². The number of aryl methyl sites for hydroxylation is 2. The first-order valence-corrected chi connectivity index (χ1v) is 9.94. The molecule has 3 rings (SSSR count). The number of thiazole rings is 1. The fraction of sp³-hybridized carbons (Fsp3) is 0.188. The average Bonchev–Trinajstić information content (AvgIpc) is 3.11. The van der Waals surface area contributed by atoms with Gasteiger partial charge in [0.1, 0.15) is 4.21 Å². The van der Waals surface area contributed by atoms with Crippen LogP contribution in [-0.2, 0) is 16.6 Å². The molecule has 0 unspecified atom stereocenters. The number of thiophene rings is 1. The molecule has 7 heteroatoms. The molecule has 0 fully saturated rings. The molecule has 0 saturated carbocycles. The average molecular weight is 363 g/mol. The standard InChI is InChI=1S/C16H14N2O2S3/c1-4-7-18-13-9-11(2)12(3)10-14(13)22-16(18)17-23(19,20)15-6-5-8-21-15/h1,5-6,8-10H,7H2,2-3H3/b17-16-. The lowest BCUT2D eigenvalue weighted by molar-refractivity contribution is 0.598. The van der Waals surface area contributed by atoms with Gasteiger partial charge in [0.2, 0.25) is 4.80 Å². The van der Waals surface area contributed by atoms with Crippen LogP contribution in [0.1, 0.15) is 11.1 Å². The van der Waals surface area contributed by atoms with Crippen molar-refractivity contribution in [3.05, 3.63) is 45.6 Å². The van der Waals surface area contributed by atoms with E-state index in [0.29, 0.717) is 4.80 Å². The largest absolute Gasteiger partial charge is 0.304 e.